The first-order valence-electron chi connectivity index (χ1n) is 5.60. The van der Waals surface area contributed by atoms with Gasteiger partial charge in [-0.3, -0.25) is 4.79 Å². The van der Waals surface area contributed by atoms with Gasteiger partial charge in [-0.25, -0.2) is 0 Å². The summed E-state index contributed by atoms with van der Waals surface area (Å²) in [6, 6.07) is 1.89. The summed E-state index contributed by atoms with van der Waals surface area (Å²) in [5.74, 6) is 0.502. The first kappa shape index (κ1) is 11.2. The summed E-state index contributed by atoms with van der Waals surface area (Å²) in [5.41, 5.74) is 1.03. The fourth-order valence-corrected chi connectivity index (χ4v) is 1.66. The summed E-state index contributed by atoms with van der Waals surface area (Å²) in [5, 5.41) is 0. The molecular weight excluding hydrogens is 206 g/mol. The molecule has 0 saturated heterocycles. The van der Waals surface area contributed by atoms with Gasteiger partial charge in [0.25, 0.3) is 0 Å². The van der Waals surface area contributed by atoms with Gasteiger partial charge in [-0.15, -0.1) is 0 Å². The molecule has 1 heterocycles. The van der Waals surface area contributed by atoms with Gasteiger partial charge in [0.1, 0.15) is 0 Å². The second kappa shape index (κ2) is 5.16. The fraction of sp³-hybridized carbons (Fsp3) is 0.583. The van der Waals surface area contributed by atoms with E-state index in [9.17, 15) is 4.79 Å². The van der Waals surface area contributed by atoms with Crippen molar-refractivity contribution >= 4 is 5.91 Å². The van der Waals surface area contributed by atoms with Crippen LogP contribution >= 0.6 is 0 Å². The van der Waals surface area contributed by atoms with Crippen molar-refractivity contribution in [3.05, 3.63) is 24.2 Å². The topological polar surface area (TPSA) is 42.7 Å². The summed E-state index contributed by atoms with van der Waals surface area (Å²) >= 11 is 0. The van der Waals surface area contributed by atoms with Crippen molar-refractivity contribution in [3.63, 3.8) is 0 Å². The molecule has 1 aliphatic carbocycles. The van der Waals surface area contributed by atoms with Gasteiger partial charge >= 0.3 is 0 Å². The van der Waals surface area contributed by atoms with E-state index in [1.807, 2.05) is 11.0 Å². The van der Waals surface area contributed by atoms with E-state index in [1.165, 1.54) is 0 Å². The molecule has 1 saturated carbocycles. The average Bonchev–Trinajstić information content (AvgIpc) is 3.02. The van der Waals surface area contributed by atoms with Crippen LogP contribution in [0.15, 0.2) is 23.0 Å². The second-order valence-electron chi connectivity index (χ2n) is 4.16. The van der Waals surface area contributed by atoms with E-state index in [-0.39, 0.29) is 11.8 Å². The molecule has 4 heteroatoms. The summed E-state index contributed by atoms with van der Waals surface area (Å²) in [4.78, 5) is 13.8. The number of carbonyl (C=O) groups is 1. The van der Waals surface area contributed by atoms with E-state index >= 15 is 0 Å². The summed E-state index contributed by atoms with van der Waals surface area (Å²) in [6.07, 6.45) is 5.38. The molecule has 1 amide bonds. The molecule has 0 aliphatic heterocycles. The molecule has 0 unspecified atom stereocenters. The van der Waals surface area contributed by atoms with Crippen LogP contribution in [0.4, 0.5) is 0 Å². The van der Waals surface area contributed by atoms with Crippen molar-refractivity contribution < 1.29 is 13.9 Å². The minimum Gasteiger partial charge on any atom is -0.472 e. The van der Waals surface area contributed by atoms with E-state index < -0.39 is 0 Å². The Hall–Kier alpha value is -1.29. The van der Waals surface area contributed by atoms with E-state index in [1.54, 1.807) is 19.6 Å². The number of hydrogen-bond donors (Lipinski definition) is 0. The number of nitrogens with zero attached hydrogens (tertiary/aromatic N) is 1. The number of carbonyl (C=O) groups excluding carboxylic acids is 1. The molecular formula is C12H17NO3. The van der Waals surface area contributed by atoms with Crippen LogP contribution in [-0.2, 0) is 16.1 Å². The van der Waals surface area contributed by atoms with Crippen molar-refractivity contribution in [1.29, 1.82) is 0 Å². The lowest BCUT2D eigenvalue weighted by molar-refractivity contribution is -0.133. The standard InChI is InChI=1S/C12H17NO3/c1-15-7-5-13(12(14)11-2-3-11)8-10-4-6-16-9-10/h4,6,9,11H,2-3,5,7-8H2,1H3. The number of rotatable bonds is 6. The van der Waals surface area contributed by atoms with Crippen molar-refractivity contribution in [3.8, 4) is 0 Å². The number of hydrogen-bond acceptors (Lipinski definition) is 3. The summed E-state index contributed by atoms with van der Waals surface area (Å²) in [6.45, 7) is 1.85. The van der Waals surface area contributed by atoms with E-state index in [0.29, 0.717) is 19.7 Å². The van der Waals surface area contributed by atoms with Crippen LogP contribution in [0.1, 0.15) is 18.4 Å². The predicted molar refractivity (Wildman–Crippen MR) is 58.7 cm³/mol. The lowest BCUT2D eigenvalue weighted by atomic mass is 10.2. The molecule has 0 N–H and O–H groups in total. The number of amides is 1. The molecule has 1 aromatic rings. The zero-order chi connectivity index (χ0) is 11.4. The van der Waals surface area contributed by atoms with Crippen molar-refractivity contribution in [2.45, 2.75) is 19.4 Å². The molecule has 0 atom stereocenters. The molecule has 88 valence electrons. The van der Waals surface area contributed by atoms with Crippen molar-refractivity contribution in [2.24, 2.45) is 5.92 Å². The maximum Gasteiger partial charge on any atom is 0.226 e. The van der Waals surface area contributed by atoms with Gasteiger partial charge < -0.3 is 14.1 Å². The third-order valence-corrected chi connectivity index (χ3v) is 2.76. The van der Waals surface area contributed by atoms with Gasteiger partial charge in [-0.1, -0.05) is 0 Å². The summed E-state index contributed by atoms with van der Waals surface area (Å²) < 4.78 is 10.0. The first-order chi connectivity index (χ1) is 7.81. The maximum atomic E-state index is 12.0. The zero-order valence-electron chi connectivity index (χ0n) is 9.52. The number of furan rings is 1. The molecule has 4 nitrogen and oxygen atoms in total. The number of methoxy groups -OCH3 is 1. The van der Waals surface area contributed by atoms with E-state index in [2.05, 4.69) is 0 Å². The van der Waals surface area contributed by atoms with Crippen molar-refractivity contribution in [2.75, 3.05) is 20.3 Å². The quantitative estimate of drug-likeness (QED) is 0.736. The Morgan fingerprint density at radius 2 is 2.44 bits per heavy atom. The van der Waals surface area contributed by atoms with Crippen LogP contribution in [0.5, 0.6) is 0 Å². The van der Waals surface area contributed by atoms with Gasteiger partial charge in [-0.05, 0) is 18.9 Å². The summed E-state index contributed by atoms with van der Waals surface area (Å²) in [7, 11) is 1.65. The minimum absolute atomic E-state index is 0.248. The Morgan fingerprint density at radius 3 is 3.00 bits per heavy atom. The van der Waals surface area contributed by atoms with E-state index in [0.717, 1.165) is 18.4 Å². The van der Waals surface area contributed by atoms with E-state index in [4.69, 9.17) is 9.15 Å². The molecule has 0 aromatic carbocycles. The first-order valence-corrected chi connectivity index (χ1v) is 5.60. The second-order valence-corrected chi connectivity index (χ2v) is 4.16. The third kappa shape index (κ3) is 2.85. The van der Waals surface area contributed by atoms with Gasteiger partial charge in [0.2, 0.25) is 5.91 Å². The molecule has 1 aliphatic rings. The molecule has 16 heavy (non-hydrogen) atoms. The predicted octanol–water partition coefficient (Wildman–Crippen LogP) is 1.66. The molecule has 2 rings (SSSR count). The molecule has 0 spiro atoms. The smallest absolute Gasteiger partial charge is 0.226 e. The highest BCUT2D eigenvalue weighted by Gasteiger charge is 2.33. The molecule has 0 radical (unpaired) electrons. The zero-order valence-corrected chi connectivity index (χ0v) is 9.52. The SMILES string of the molecule is COCCN(Cc1ccoc1)C(=O)C1CC1. The normalized spacial score (nSPS) is 15.1. The Kier molecular flexibility index (Phi) is 3.62. The van der Waals surface area contributed by atoms with Gasteiger partial charge in [0.15, 0.2) is 0 Å². The largest absolute Gasteiger partial charge is 0.472 e. The van der Waals surface area contributed by atoms with Crippen LogP contribution in [-0.4, -0.2) is 31.1 Å². The highest BCUT2D eigenvalue weighted by molar-refractivity contribution is 5.81. The monoisotopic (exact) mass is 223 g/mol. The highest BCUT2D eigenvalue weighted by atomic mass is 16.5. The van der Waals surface area contributed by atoms with Crippen LogP contribution in [0.2, 0.25) is 0 Å². The average molecular weight is 223 g/mol. The van der Waals surface area contributed by atoms with Crippen LogP contribution in [0.3, 0.4) is 0 Å². The lowest BCUT2D eigenvalue weighted by Crippen LogP contribution is -2.34. The van der Waals surface area contributed by atoms with Gasteiger partial charge in [-0.2, -0.15) is 0 Å². The van der Waals surface area contributed by atoms with Gasteiger partial charge in [0.05, 0.1) is 19.1 Å². The Balaban J connectivity index is 1.93. The molecule has 1 aromatic heterocycles. The highest BCUT2D eigenvalue weighted by Crippen LogP contribution is 2.31. The third-order valence-electron chi connectivity index (χ3n) is 2.76. The number of ether oxygens (including phenoxy) is 1. The Bertz CT molecular complexity index is 330. The van der Waals surface area contributed by atoms with Gasteiger partial charge in [0, 0.05) is 31.7 Å². The minimum atomic E-state index is 0.248. The van der Waals surface area contributed by atoms with Crippen molar-refractivity contribution in [1.82, 2.24) is 4.90 Å². The lowest BCUT2D eigenvalue weighted by Gasteiger charge is -2.21. The Labute approximate surface area is 95.2 Å². The maximum absolute atomic E-state index is 12.0. The van der Waals surface area contributed by atoms with Crippen LogP contribution in [0.25, 0.3) is 0 Å². The fourth-order valence-electron chi connectivity index (χ4n) is 1.66. The van der Waals surface area contributed by atoms with Crippen LogP contribution < -0.4 is 0 Å². The molecule has 0 bridgehead atoms. The van der Waals surface area contributed by atoms with Crippen LogP contribution in [0, 0.1) is 5.92 Å². The Morgan fingerprint density at radius 1 is 1.62 bits per heavy atom. The molecule has 1 fully saturated rings.